The molecule has 0 amide bonds. The Bertz CT molecular complexity index is 520. The van der Waals surface area contributed by atoms with E-state index in [0.29, 0.717) is 6.42 Å². The third-order valence-corrected chi connectivity index (χ3v) is 3.03. The molecule has 94 valence electrons. The van der Waals surface area contributed by atoms with Gasteiger partial charge in [0.1, 0.15) is 5.75 Å². The van der Waals surface area contributed by atoms with E-state index in [4.69, 9.17) is 4.74 Å². The highest BCUT2D eigenvalue weighted by Crippen LogP contribution is 2.25. The van der Waals surface area contributed by atoms with Crippen LogP contribution in [-0.4, -0.2) is 12.2 Å². The summed E-state index contributed by atoms with van der Waals surface area (Å²) in [5, 5.41) is 10.3. The summed E-state index contributed by atoms with van der Waals surface area (Å²) in [6.45, 7) is 2.03. The van der Waals surface area contributed by atoms with Gasteiger partial charge in [0.15, 0.2) is 0 Å². The van der Waals surface area contributed by atoms with Gasteiger partial charge in [-0.1, -0.05) is 48.0 Å². The summed E-state index contributed by atoms with van der Waals surface area (Å²) in [6.07, 6.45) is 0.0641. The van der Waals surface area contributed by atoms with E-state index >= 15 is 0 Å². The van der Waals surface area contributed by atoms with E-state index in [0.717, 1.165) is 22.4 Å². The van der Waals surface area contributed by atoms with E-state index in [9.17, 15) is 5.11 Å². The van der Waals surface area contributed by atoms with Crippen molar-refractivity contribution in [1.82, 2.24) is 0 Å². The van der Waals surface area contributed by atoms with Crippen molar-refractivity contribution in [2.24, 2.45) is 0 Å². The number of aryl methyl sites for hydroxylation is 1. The summed E-state index contributed by atoms with van der Waals surface area (Å²) in [4.78, 5) is 0. The number of rotatable bonds is 4. The minimum absolute atomic E-state index is 0.499. The molecule has 1 N–H and O–H groups in total. The van der Waals surface area contributed by atoms with Crippen molar-refractivity contribution in [3.8, 4) is 5.75 Å². The van der Waals surface area contributed by atoms with E-state index in [1.807, 2.05) is 55.5 Å². The van der Waals surface area contributed by atoms with Crippen LogP contribution in [0.1, 0.15) is 22.8 Å². The van der Waals surface area contributed by atoms with Gasteiger partial charge < -0.3 is 9.84 Å². The highest BCUT2D eigenvalue weighted by atomic mass is 16.5. The molecule has 2 heteroatoms. The summed E-state index contributed by atoms with van der Waals surface area (Å²) in [7, 11) is 1.65. The molecule has 0 aliphatic carbocycles. The van der Waals surface area contributed by atoms with Crippen LogP contribution in [0.15, 0.2) is 48.5 Å². The maximum Gasteiger partial charge on any atom is 0.122 e. The molecule has 0 aliphatic rings. The molecule has 0 spiro atoms. The lowest BCUT2D eigenvalue weighted by atomic mass is 9.99. The Kier molecular flexibility index (Phi) is 4.00. The Morgan fingerprint density at radius 2 is 1.89 bits per heavy atom. The number of aliphatic hydroxyl groups excluding tert-OH is 1. The van der Waals surface area contributed by atoms with E-state index < -0.39 is 6.10 Å². The van der Waals surface area contributed by atoms with Gasteiger partial charge >= 0.3 is 0 Å². The summed E-state index contributed by atoms with van der Waals surface area (Å²) >= 11 is 0. The van der Waals surface area contributed by atoms with Gasteiger partial charge in [0.25, 0.3) is 0 Å². The van der Waals surface area contributed by atoms with E-state index in [1.165, 1.54) is 0 Å². The lowest BCUT2D eigenvalue weighted by Gasteiger charge is -2.14. The Labute approximate surface area is 108 Å². The molecule has 0 heterocycles. The number of hydrogen-bond donors (Lipinski definition) is 1. The summed E-state index contributed by atoms with van der Waals surface area (Å²) < 4.78 is 5.29. The van der Waals surface area contributed by atoms with Gasteiger partial charge in [-0.25, -0.2) is 0 Å². The fraction of sp³-hybridized carbons (Fsp3) is 0.250. The van der Waals surface area contributed by atoms with Gasteiger partial charge in [-0.2, -0.15) is 0 Å². The molecule has 0 bridgehead atoms. The van der Waals surface area contributed by atoms with Crippen LogP contribution >= 0.6 is 0 Å². The summed E-state index contributed by atoms with van der Waals surface area (Å²) in [5.41, 5.74) is 3.13. The summed E-state index contributed by atoms with van der Waals surface area (Å²) in [5.74, 6) is 0.823. The number of para-hydroxylation sites is 1. The van der Waals surface area contributed by atoms with E-state index in [2.05, 4.69) is 0 Å². The molecule has 2 nitrogen and oxygen atoms in total. The topological polar surface area (TPSA) is 29.5 Å². The highest BCUT2D eigenvalue weighted by molar-refractivity contribution is 5.35. The molecule has 0 fully saturated rings. The average Bonchev–Trinajstić information content (AvgIpc) is 2.39. The van der Waals surface area contributed by atoms with Crippen LogP contribution in [-0.2, 0) is 6.42 Å². The molecule has 0 aliphatic heterocycles. The second-order valence-corrected chi connectivity index (χ2v) is 4.45. The molecule has 2 aromatic carbocycles. The van der Waals surface area contributed by atoms with Crippen LogP contribution in [0.25, 0.3) is 0 Å². The van der Waals surface area contributed by atoms with Crippen molar-refractivity contribution >= 4 is 0 Å². The Morgan fingerprint density at radius 3 is 2.61 bits per heavy atom. The molecule has 1 unspecified atom stereocenters. The molecule has 2 aromatic rings. The van der Waals surface area contributed by atoms with Gasteiger partial charge in [0, 0.05) is 6.42 Å². The number of hydrogen-bond acceptors (Lipinski definition) is 2. The van der Waals surface area contributed by atoms with Crippen molar-refractivity contribution in [3.05, 3.63) is 65.2 Å². The predicted octanol–water partition coefficient (Wildman–Crippen LogP) is 3.28. The molecule has 0 saturated carbocycles. The average molecular weight is 242 g/mol. The van der Waals surface area contributed by atoms with Crippen molar-refractivity contribution in [2.75, 3.05) is 7.11 Å². The highest BCUT2D eigenvalue weighted by Gasteiger charge is 2.11. The second-order valence-electron chi connectivity index (χ2n) is 4.45. The van der Waals surface area contributed by atoms with Gasteiger partial charge in [0.2, 0.25) is 0 Å². The number of benzene rings is 2. The monoisotopic (exact) mass is 242 g/mol. The first kappa shape index (κ1) is 12.7. The zero-order valence-corrected chi connectivity index (χ0v) is 10.8. The lowest BCUT2D eigenvalue weighted by Crippen LogP contribution is -2.03. The maximum atomic E-state index is 10.3. The third-order valence-electron chi connectivity index (χ3n) is 3.03. The van der Waals surface area contributed by atoms with Crippen LogP contribution in [0.4, 0.5) is 0 Å². The Hall–Kier alpha value is -1.80. The SMILES string of the molecule is COc1ccccc1CC(O)c1cccc(C)c1. The van der Waals surface area contributed by atoms with Gasteiger partial charge in [-0.3, -0.25) is 0 Å². The minimum atomic E-state index is -0.499. The molecule has 18 heavy (non-hydrogen) atoms. The Morgan fingerprint density at radius 1 is 1.11 bits per heavy atom. The molecular formula is C16H18O2. The van der Waals surface area contributed by atoms with Gasteiger partial charge in [-0.15, -0.1) is 0 Å². The summed E-state index contributed by atoms with van der Waals surface area (Å²) in [6, 6.07) is 15.8. The molecule has 0 aromatic heterocycles. The second kappa shape index (κ2) is 5.69. The first-order valence-electron chi connectivity index (χ1n) is 6.07. The minimum Gasteiger partial charge on any atom is -0.496 e. The molecule has 1 atom stereocenters. The fourth-order valence-electron chi connectivity index (χ4n) is 2.08. The van der Waals surface area contributed by atoms with Crippen LogP contribution in [0.2, 0.25) is 0 Å². The third kappa shape index (κ3) is 2.90. The lowest BCUT2D eigenvalue weighted by molar-refractivity contribution is 0.177. The van der Waals surface area contributed by atoms with Crippen LogP contribution in [0, 0.1) is 6.92 Å². The van der Waals surface area contributed by atoms with Gasteiger partial charge in [0.05, 0.1) is 13.2 Å². The zero-order valence-electron chi connectivity index (χ0n) is 10.8. The van der Waals surface area contributed by atoms with Crippen molar-refractivity contribution in [3.63, 3.8) is 0 Å². The predicted molar refractivity (Wildman–Crippen MR) is 72.8 cm³/mol. The standard InChI is InChI=1S/C16H18O2/c1-12-6-5-8-13(10-12)15(17)11-14-7-3-4-9-16(14)18-2/h3-10,15,17H,11H2,1-2H3. The number of methoxy groups -OCH3 is 1. The smallest absolute Gasteiger partial charge is 0.122 e. The first-order valence-corrected chi connectivity index (χ1v) is 6.07. The van der Waals surface area contributed by atoms with Crippen molar-refractivity contribution in [2.45, 2.75) is 19.4 Å². The normalized spacial score (nSPS) is 12.2. The molecule has 0 saturated heterocycles. The quantitative estimate of drug-likeness (QED) is 0.891. The van der Waals surface area contributed by atoms with Crippen LogP contribution < -0.4 is 4.74 Å². The van der Waals surface area contributed by atoms with E-state index in [-0.39, 0.29) is 0 Å². The van der Waals surface area contributed by atoms with Crippen LogP contribution in [0.5, 0.6) is 5.75 Å². The van der Waals surface area contributed by atoms with Gasteiger partial charge in [-0.05, 0) is 24.1 Å². The molecule has 2 rings (SSSR count). The number of ether oxygens (including phenoxy) is 1. The zero-order chi connectivity index (χ0) is 13.0. The maximum absolute atomic E-state index is 10.3. The van der Waals surface area contributed by atoms with Crippen molar-refractivity contribution in [1.29, 1.82) is 0 Å². The van der Waals surface area contributed by atoms with E-state index in [1.54, 1.807) is 7.11 Å². The molecular weight excluding hydrogens is 224 g/mol. The fourth-order valence-corrected chi connectivity index (χ4v) is 2.08. The first-order chi connectivity index (χ1) is 8.70. The largest absolute Gasteiger partial charge is 0.496 e. The Balaban J connectivity index is 2.18. The van der Waals surface area contributed by atoms with Crippen molar-refractivity contribution < 1.29 is 9.84 Å². The molecule has 0 radical (unpaired) electrons. The van der Waals surface area contributed by atoms with Crippen LogP contribution in [0.3, 0.4) is 0 Å². The number of aliphatic hydroxyl groups is 1.